The summed E-state index contributed by atoms with van der Waals surface area (Å²) in [6.07, 6.45) is 3.29. The maximum absolute atomic E-state index is 13.4. The molecule has 0 fully saturated rings. The molecule has 1 aromatic carbocycles. The lowest BCUT2D eigenvalue weighted by Crippen LogP contribution is -2.32. The number of carbonyl (C=O) groups is 1. The minimum absolute atomic E-state index is 0.253. The third-order valence-corrected chi connectivity index (χ3v) is 2.86. The monoisotopic (exact) mass is 324 g/mol. The predicted molar refractivity (Wildman–Crippen MR) is 85.7 cm³/mol. The van der Waals surface area contributed by atoms with Crippen molar-refractivity contribution in [2.75, 3.05) is 6.54 Å². The third-order valence-electron chi connectivity index (χ3n) is 2.86. The number of amides is 1. The zero-order valence-electron chi connectivity index (χ0n) is 13.7. The first kappa shape index (κ1) is 18.6. The highest BCUT2D eigenvalue weighted by atomic mass is 19.1. The molecule has 0 unspecified atom stereocenters. The van der Waals surface area contributed by atoms with Crippen molar-refractivity contribution in [3.63, 3.8) is 0 Å². The zero-order valence-corrected chi connectivity index (χ0v) is 13.7. The summed E-state index contributed by atoms with van der Waals surface area (Å²) in [6.45, 7) is 7.22. The normalized spacial score (nSPS) is 11.5. The van der Waals surface area contributed by atoms with Gasteiger partial charge in [0.05, 0.1) is 11.0 Å². The smallest absolute Gasteiger partial charge is 0.407 e. The number of halogens is 1. The molecular formula is C16H21FN2O4. The molecule has 0 aliphatic carbocycles. The number of alkyl carbamates (subject to hydrolysis) is 1. The largest absolute Gasteiger partial charge is 0.444 e. The SMILES string of the molecule is Cc1c(C=CCCNC(=O)OC(C)(C)C)cc(F)cc1[N+](=O)[O-]. The lowest BCUT2D eigenvalue weighted by atomic mass is 10.1. The second kappa shape index (κ2) is 7.71. The number of nitrogens with one attached hydrogen (secondary N) is 1. The summed E-state index contributed by atoms with van der Waals surface area (Å²) in [7, 11) is 0. The number of nitro benzene ring substituents is 1. The van der Waals surface area contributed by atoms with Gasteiger partial charge in [-0.15, -0.1) is 0 Å². The van der Waals surface area contributed by atoms with Crippen molar-refractivity contribution in [3.8, 4) is 0 Å². The molecule has 0 atom stereocenters. The molecule has 7 heteroatoms. The van der Waals surface area contributed by atoms with Gasteiger partial charge in [-0.2, -0.15) is 0 Å². The Bertz CT molecular complexity index is 621. The number of rotatable bonds is 5. The first-order chi connectivity index (χ1) is 10.6. The lowest BCUT2D eigenvalue weighted by Gasteiger charge is -2.19. The van der Waals surface area contributed by atoms with E-state index in [-0.39, 0.29) is 5.69 Å². The van der Waals surface area contributed by atoms with Crippen LogP contribution in [0.3, 0.4) is 0 Å². The highest BCUT2D eigenvalue weighted by Crippen LogP contribution is 2.24. The van der Waals surface area contributed by atoms with E-state index in [1.807, 2.05) is 0 Å². The highest BCUT2D eigenvalue weighted by Gasteiger charge is 2.16. The second-order valence-electron chi connectivity index (χ2n) is 6.02. The first-order valence-corrected chi connectivity index (χ1v) is 7.18. The van der Waals surface area contributed by atoms with Gasteiger partial charge in [0.15, 0.2) is 0 Å². The molecule has 6 nitrogen and oxygen atoms in total. The van der Waals surface area contributed by atoms with Crippen LogP contribution in [-0.2, 0) is 4.74 Å². The number of benzene rings is 1. The Balaban J connectivity index is 2.59. The molecule has 1 aromatic rings. The van der Waals surface area contributed by atoms with E-state index >= 15 is 0 Å². The van der Waals surface area contributed by atoms with Crippen LogP contribution in [0, 0.1) is 22.9 Å². The van der Waals surface area contributed by atoms with Gasteiger partial charge in [-0.05, 0) is 45.7 Å². The molecule has 0 saturated carbocycles. The van der Waals surface area contributed by atoms with E-state index in [1.165, 1.54) is 6.07 Å². The van der Waals surface area contributed by atoms with Crippen molar-refractivity contribution >= 4 is 17.9 Å². The van der Waals surface area contributed by atoms with Gasteiger partial charge in [0.1, 0.15) is 11.4 Å². The summed E-state index contributed by atoms with van der Waals surface area (Å²) in [6, 6.07) is 2.14. The summed E-state index contributed by atoms with van der Waals surface area (Å²) in [4.78, 5) is 21.7. The van der Waals surface area contributed by atoms with Crippen molar-refractivity contribution in [1.29, 1.82) is 0 Å². The Hall–Kier alpha value is -2.44. The van der Waals surface area contributed by atoms with E-state index in [0.29, 0.717) is 24.1 Å². The Kier molecular flexibility index (Phi) is 6.24. The molecule has 0 saturated heterocycles. The van der Waals surface area contributed by atoms with Crippen LogP contribution in [0.1, 0.15) is 38.3 Å². The zero-order chi connectivity index (χ0) is 17.6. The van der Waals surface area contributed by atoms with Gasteiger partial charge in [-0.25, -0.2) is 9.18 Å². The molecule has 0 radical (unpaired) electrons. The van der Waals surface area contributed by atoms with Crippen molar-refractivity contribution in [3.05, 3.63) is 45.3 Å². The summed E-state index contributed by atoms with van der Waals surface area (Å²) in [5.74, 6) is -0.658. The van der Waals surface area contributed by atoms with Crippen molar-refractivity contribution in [2.24, 2.45) is 0 Å². The molecule has 1 rings (SSSR count). The number of hydrogen-bond donors (Lipinski definition) is 1. The minimum atomic E-state index is -0.658. The predicted octanol–water partition coefficient (Wildman–Crippen LogP) is 3.97. The van der Waals surface area contributed by atoms with Crippen LogP contribution >= 0.6 is 0 Å². The van der Waals surface area contributed by atoms with Crippen LogP contribution in [0.4, 0.5) is 14.9 Å². The van der Waals surface area contributed by atoms with E-state index < -0.39 is 22.4 Å². The van der Waals surface area contributed by atoms with Gasteiger partial charge in [0, 0.05) is 12.1 Å². The van der Waals surface area contributed by atoms with E-state index in [4.69, 9.17) is 4.74 Å². The van der Waals surface area contributed by atoms with Gasteiger partial charge in [0.2, 0.25) is 0 Å². The standard InChI is InChI=1S/C16H21FN2O4/c1-11-12(9-13(17)10-14(11)19(21)22)7-5-6-8-18-15(20)23-16(2,3)4/h5,7,9-10H,6,8H2,1-4H3,(H,18,20). The molecule has 0 aliphatic rings. The number of nitrogens with zero attached hydrogens (tertiary/aromatic N) is 1. The van der Waals surface area contributed by atoms with Crippen LogP contribution in [0.2, 0.25) is 0 Å². The summed E-state index contributed by atoms with van der Waals surface area (Å²) in [5.41, 5.74) is 0.0237. The van der Waals surface area contributed by atoms with E-state index in [0.717, 1.165) is 6.07 Å². The topological polar surface area (TPSA) is 81.5 Å². The van der Waals surface area contributed by atoms with Crippen molar-refractivity contribution in [2.45, 2.75) is 39.7 Å². The van der Waals surface area contributed by atoms with Crippen LogP contribution < -0.4 is 5.32 Å². The van der Waals surface area contributed by atoms with Gasteiger partial charge in [0.25, 0.3) is 5.69 Å². The van der Waals surface area contributed by atoms with Crippen LogP contribution in [0.25, 0.3) is 6.08 Å². The van der Waals surface area contributed by atoms with Crippen molar-refractivity contribution < 1.29 is 18.8 Å². The first-order valence-electron chi connectivity index (χ1n) is 7.18. The Labute approximate surface area is 134 Å². The molecular weight excluding hydrogens is 303 g/mol. The molecule has 0 heterocycles. The molecule has 0 aromatic heterocycles. The quantitative estimate of drug-likeness (QED) is 0.505. The fraction of sp³-hybridized carbons (Fsp3) is 0.438. The van der Waals surface area contributed by atoms with Gasteiger partial charge in [-0.3, -0.25) is 10.1 Å². The van der Waals surface area contributed by atoms with E-state index in [2.05, 4.69) is 5.32 Å². The van der Waals surface area contributed by atoms with E-state index in [9.17, 15) is 19.3 Å². The number of nitro groups is 1. The lowest BCUT2D eigenvalue weighted by molar-refractivity contribution is -0.385. The number of ether oxygens (including phenoxy) is 1. The molecule has 0 aliphatic heterocycles. The average Bonchev–Trinajstić information content (AvgIpc) is 2.39. The minimum Gasteiger partial charge on any atom is -0.444 e. The Morgan fingerprint density at radius 3 is 2.65 bits per heavy atom. The fourth-order valence-corrected chi connectivity index (χ4v) is 1.83. The molecule has 0 spiro atoms. The third kappa shape index (κ3) is 6.46. The molecule has 1 N–H and O–H groups in total. The van der Waals surface area contributed by atoms with Gasteiger partial charge < -0.3 is 10.1 Å². The molecule has 23 heavy (non-hydrogen) atoms. The average molecular weight is 324 g/mol. The summed E-state index contributed by atoms with van der Waals surface area (Å²) >= 11 is 0. The molecule has 1 amide bonds. The van der Waals surface area contributed by atoms with Crippen LogP contribution in [0.15, 0.2) is 18.2 Å². The maximum atomic E-state index is 13.4. The van der Waals surface area contributed by atoms with Crippen molar-refractivity contribution in [1.82, 2.24) is 5.32 Å². The van der Waals surface area contributed by atoms with Gasteiger partial charge in [-0.1, -0.05) is 12.2 Å². The fourth-order valence-electron chi connectivity index (χ4n) is 1.83. The van der Waals surface area contributed by atoms with Crippen LogP contribution in [-0.4, -0.2) is 23.2 Å². The van der Waals surface area contributed by atoms with E-state index in [1.54, 1.807) is 39.8 Å². The van der Waals surface area contributed by atoms with Gasteiger partial charge >= 0.3 is 6.09 Å². The Morgan fingerprint density at radius 1 is 1.43 bits per heavy atom. The molecule has 126 valence electrons. The summed E-state index contributed by atoms with van der Waals surface area (Å²) in [5, 5.41) is 13.4. The number of carbonyl (C=O) groups excluding carboxylic acids is 1. The van der Waals surface area contributed by atoms with Crippen LogP contribution in [0.5, 0.6) is 0 Å². The number of hydrogen-bond acceptors (Lipinski definition) is 4. The maximum Gasteiger partial charge on any atom is 0.407 e. The highest BCUT2D eigenvalue weighted by molar-refractivity contribution is 5.67. The second-order valence-corrected chi connectivity index (χ2v) is 6.02. The Morgan fingerprint density at radius 2 is 2.09 bits per heavy atom. The summed E-state index contributed by atoms with van der Waals surface area (Å²) < 4.78 is 18.5. The molecule has 0 bridgehead atoms.